The van der Waals surface area contributed by atoms with Crippen LogP contribution in [0.2, 0.25) is 0 Å². The van der Waals surface area contributed by atoms with E-state index in [9.17, 15) is 9.59 Å². The molecule has 0 aromatic heterocycles. The van der Waals surface area contributed by atoms with Crippen LogP contribution in [0.25, 0.3) is 0 Å². The minimum Gasteiger partial charge on any atom is -0.497 e. The summed E-state index contributed by atoms with van der Waals surface area (Å²) in [6.45, 7) is 3.71. The normalized spacial score (nSPS) is 15.0. The highest BCUT2D eigenvalue weighted by Gasteiger charge is 2.23. The molecule has 1 aromatic rings. The van der Waals surface area contributed by atoms with Crippen LogP contribution in [0, 0.1) is 5.92 Å². The van der Waals surface area contributed by atoms with Crippen LogP contribution in [0.1, 0.15) is 32.6 Å². The first-order valence-corrected chi connectivity index (χ1v) is 9.81. The molecule has 2 rings (SSSR count). The second-order valence-electron chi connectivity index (χ2n) is 6.12. The standard InChI is InChI=1S/C19H27NO4S/c1-3-24-19(22)9-8-18(21)20-12-10-15(11-13-20)14-25-17-6-4-16(23-2)5-7-17/h4-7,15H,3,8-14H2,1-2H3. The maximum Gasteiger partial charge on any atom is 0.306 e. The lowest BCUT2D eigenvalue weighted by atomic mass is 9.98. The number of carbonyl (C=O) groups excluding carboxylic acids is 2. The first-order valence-electron chi connectivity index (χ1n) is 8.82. The summed E-state index contributed by atoms with van der Waals surface area (Å²) in [5.41, 5.74) is 0. The molecule has 0 atom stereocenters. The summed E-state index contributed by atoms with van der Waals surface area (Å²) in [6.07, 6.45) is 2.48. The Labute approximate surface area is 154 Å². The van der Waals surface area contributed by atoms with E-state index in [0.29, 0.717) is 12.5 Å². The number of piperidine rings is 1. The van der Waals surface area contributed by atoms with Crippen molar-refractivity contribution in [1.82, 2.24) is 4.90 Å². The minimum absolute atomic E-state index is 0.0642. The van der Waals surface area contributed by atoms with E-state index in [2.05, 4.69) is 12.1 Å². The molecule has 0 saturated carbocycles. The van der Waals surface area contributed by atoms with Crippen molar-refractivity contribution < 1.29 is 19.1 Å². The Morgan fingerprint density at radius 1 is 1.16 bits per heavy atom. The fraction of sp³-hybridized carbons (Fsp3) is 0.579. The summed E-state index contributed by atoms with van der Waals surface area (Å²) in [4.78, 5) is 26.6. The van der Waals surface area contributed by atoms with Gasteiger partial charge in [-0.1, -0.05) is 0 Å². The van der Waals surface area contributed by atoms with Crippen LogP contribution in [0.4, 0.5) is 0 Å². The monoisotopic (exact) mass is 365 g/mol. The van der Waals surface area contributed by atoms with Crippen LogP contribution in [0.15, 0.2) is 29.2 Å². The number of carbonyl (C=O) groups is 2. The van der Waals surface area contributed by atoms with E-state index in [0.717, 1.165) is 37.4 Å². The number of esters is 1. The number of rotatable bonds is 8. The lowest BCUT2D eigenvalue weighted by molar-refractivity contribution is -0.146. The summed E-state index contributed by atoms with van der Waals surface area (Å²) in [5.74, 6) is 2.34. The van der Waals surface area contributed by atoms with Crippen LogP contribution in [0.3, 0.4) is 0 Å². The summed E-state index contributed by atoms with van der Waals surface area (Å²) >= 11 is 1.86. The average molecular weight is 365 g/mol. The van der Waals surface area contributed by atoms with Crippen molar-refractivity contribution in [2.24, 2.45) is 5.92 Å². The molecule has 25 heavy (non-hydrogen) atoms. The predicted octanol–water partition coefficient (Wildman–Crippen LogP) is 3.37. The summed E-state index contributed by atoms with van der Waals surface area (Å²) in [7, 11) is 1.67. The fourth-order valence-electron chi connectivity index (χ4n) is 2.84. The van der Waals surface area contributed by atoms with Gasteiger partial charge in [0.25, 0.3) is 0 Å². The van der Waals surface area contributed by atoms with Crippen molar-refractivity contribution in [3.05, 3.63) is 24.3 Å². The first kappa shape index (κ1) is 19.6. The van der Waals surface area contributed by atoms with Gasteiger partial charge in [0.15, 0.2) is 0 Å². The number of likely N-dealkylation sites (tertiary alicyclic amines) is 1. The summed E-state index contributed by atoms with van der Waals surface area (Å²) < 4.78 is 10.0. The van der Waals surface area contributed by atoms with Gasteiger partial charge < -0.3 is 14.4 Å². The summed E-state index contributed by atoms with van der Waals surface area (Å²) in [5, 5.41) is 0. The number of amides is 1. The second kappa shape index (κ2) is 10.3. The Kier molecular flexibility index (Phi) is 8.12. The molecule has 0 bridgehead atoms. The molecule has 1 amide bonds. The molecule has 5 nitrogen and oxygen atoms in total. The van der Waals surface area contributed by atoms with Gasteiger partial charge in [-0.25, -0.2) is 0 Å². The molecule has 0 unspecified atom stereocenters. The molecular weight excluding hydrogens is 338 g/mol. The third-order valence-corrected chi connectivity index (χ3v) is 5.60. The van der Waals surface area contributed by atoms with Gasteiger partial charge in [0, 0.05) is 30.2 Å². The van der Waals surface area contributed by atoms with E-state index in [1.165, 1.54) is 4.90 Å². The maximum absolute atomic E-state index is 12.2. The Balaban J connectivity index is 1.66. The van der Waals surface area contributed by atoms with Crippen molar-refractivity contribution in [2.45, 2.75) is 37.5 Å². The van der Waals surface area contributed by atoms with Crippen molar-refractivity contribution in [2.75, 3.05) is 32.6 Å². The van der Waals surface area contributed by atoms with Crippen LogP contribution in [-0.2, 0) is 14.3 Å². The SMILES string of the molecule is CCOC(=O)CCC(=O)N1CCC(CSc2ccc(OC)cc2)CC1. The Hall–Kier alpha value is -1.69. The number of hydrogen-bond acceptors (Lipinski definition) is 5. The molecular formula is C19H27NO4S. The van der Waals surface area contributed by atoms with E-state index < -0.39 is 0 Å². The predicted molar refractivity (Wildman–Crippen MR) is 98.9 cm³/mol. The number of methoxy groups -OCH3 is 1. The third kappa shape index (κ3) is 6.61. The molecule has 1 heterocycles. The molecule has 1 saturated heterocycles. The molecule has 138 valence electrons. The van der Waals surface area contributed by atoms with E-state index in [-0.39, 0.29) is 24.7 Å². The van der Waals surface area contributed by atoms with Gasteiger partial charge in [-0.3, -0.25) is 9.59 Å². The molecule has 0 N–H and O–H groups in total. The van der Waals surface area contributed by atoms with E-state index in [1.54, 1.807) is 14.0 Å². The highest BCUT2D eigenvalue weighted by molar-refractivity contribution is 7.99. The fourth-order valence-corrected chi connectivity index (χ4v) is 3.93. The zero-order chi connectivity index (χ0) is 18.1. The number of hydrogen-bond donors (Lipinski definition) is 0. The number of benzene rings is 1. The van der Waals surface area contributed by atoms with Gasteiger partial charge in [0.05, 0.1) is 20.1 Å². The van der Waals surface area contributed by atoms with Gasteiger partial charge in [-0.2, -0.15) is 0 Å². The summed E-state index contributed by atoms with van der Waals surface area (Å²) in [6, 6.07) is 8.12. The minimum atomic E-state index is -0.290. The lowest BCUT2D eigenvalue weighted by Gasteiger charge is -2.32. The topological polar surface area (TPSA) is 55.8 Å². The number of thioether (sulfide) groups is 1. The zero-order valence-electron chi connectivity index (χ0n) is 15.0. The zero-order valence-corrected chi connectivity index (χ0v) is 15.8. The number of ether oxygens (including phenoxy) is 2. The quantitative estimate of drug-likeness (QED) is 0.522. The van der Waals surface area contributed by atoms with Gasteiger partial charge >= 0.3 is 5.97 Å². The average Bonchev–Trinajstić information content (AvgIpc) is 2.65. The second-order valence-corrected chi connectivity index (χ2v) is 7.21. The van der Waals surface area contributed by atoms with Crippen molar-refractivity contribution in [3.8, 4) is 5.75 Å². The van der Waals surface area contributed by atoms with E-state index >= 15 is 0 Å². The molecule has 6 heteroatoms. The Morgan fingerprint density at radius 2 is 1.84 bits per heavy atom. The van der Waals surface area contributed by atoms with Gasteiger partial charge in [0.2, 0.25) is 5.91 Å². The Bertz CT molecular complexity index is 553. The van der Waals surface area contributed by atoms with Crippen molar-refractivity contribution in [3.63, 3.8) is 0 Å². The molecule has 1 aliphatic heterocycles. The highest BCUT2D eigenvalue weighted by atomic mass is 32.2. The molecule has 1 aromatic carbocycles. The third-order valence-electron chi connectivity index (χ3n) is 4.36. The largest absolute Gasteiger partial charge is 0.497 e. The smallest absolute Gasteiger partial charge is 0.306 e. The first-order chi connectivity index (χ1) is 12.1. The highest BCUT2D eigenvalue weighted by Crippen LogP contribution is 2.28. The van der Waals surface area contributed by atoms with E-state index in [1.807, 2.05) is 28.8 Å². The van der Waals surface area contributed by atoms with Crippen LogP contribution in [-0.4, -0.2) is 49.3 Å². The molecule has 0 aliphatic carbocycles. The van der Waals surface area contributed by atoms with Crippen molar-refractivity contribution in [1.29, 1.82) is 0 Å². The number of nitrogens with zero attached hydrogens (tertiary/aromatic N) is 1. The Morgan fingerprint density at radius 3 is 2.44 bits per heavy atom. The lowest BCUT2D eigenvalue weighted by Crippen LogP contribution is -2.39. The molecule has 1 aliphatic rings. The van der Waals surface area contributed by atoms with Gasteiger partial charge in [-0.15, -0.1) is 11.8 Å². The van der Waals surface area contributed by atoms with Crippen LogP contribution < -0.4 is 4.74 Å². The van der Waals surface area contributed by atoms with Crippen molar-refractivity contribution >= 4 is 23.6 Å². The van der Waals surface area contributed by atoms with Crippen LogP contribution >= 0.6 is 11.8 Å². The van der Waals surface area contributed by atoms with Gasteiger partial charge in [-0.05, 0) is 49.9 Å². The van der Waals surface area contributed by atoms with Gasteiger partial charge in [0.1, 0.15) is 5.75 Å². The van der Waals surface area contributed by atoms with Crippen LogP contribution in [0.5, 0.6) is 5.75 Å². The van der Waals surface area contributed by atoms with E-state index in [4.69, 9.17) is 9.47 Å². The maximum atomic E-state index is 12.2. The molecule has 1 fully saturated rings. The molecule has 0 radical (unpaired) electrons. The molecule has 0 spiro atoms.